The second-order valence-corrected chi connectivity index (χ2v) is 4.83. The highest BCUT2D eigenvalue weighted by molar-refractivity contribution is 8.00. The van der Waals surface area contributed by atoms with Gasteiger partial charge in [-0.3, -0.25) is 29.0 Å². The summed E-state index contributed by atoms with van der Waals surface area (Å²) in [5, 5.41) is -0.127. The summed E-state index contributed by atoms with van der Waals surface area (Å²) in [6.45, 7) is 0. The Kier molecular flexibility index (Phi) is 23.6. The minimum Gasteiger partial charge on any atom is -0.285 e. The zero-order valence-electron chi connectivity index (χ0n) is 11.8. The van der Waals surface area contributed by atoms with Gasteiger partial charge in [0.25, 0.3) is 11.8 Å². The summed E-state index contributed by atoms with van der Waals surface area (Å²) < 4.78 is 0. The normalized spacial score (nSPS) is 17.3. The molecule has 2 heterocycles. The lowest BCUT2D eigenvalue weighted by Gasteiger charge is -2.04. The van der Waals surface area contributed by atoms with Crippen LogP contribution in [0.15, 0.2) is 12.2 Å². The van der Waals surface area contributed by atoms with Crippen LogP contribution in [0.2, 0.25) is 0 Å². The topological polar surface area (TPSA) is 74.8 Å². The maximum Gasteiger partial charge on any atom is 0.253 e. The van der Waals surface area contributed by atoms with Crippen molar-refractivity contribution >= 4 is 48.0 Å². The van der Waals surface area contributed by atoms with Gasteiger partial charge in [-0.25, -0.2) is 0 Å². The van der Waals surface area contributed by atoms with Gasteiger partial charge in [0.05, 0.1) is 5.25 Å². The van der Waals surface area contributed by atoms with Crippen molar-refractivity contribution in [1.82, 2.24) is 9.80 Å². The zero-order valence-corrected chi connectivity index (χ0v) is 13.5. The SMILES string of the molecule is C.C.C.C.CN1C(=O)C=CC1=O.CS.CSC1CC(=O)N(C)C1=O. The highest BCUT2D eigenvalue weighted by Crippen LogP contribution is 2.21. The van der Waals surface area contributed by atoms with Gasteiger partial charge in [-0.15, -0.1) is 0 Å². The first kappa shape index (κ1) is 34.1. The van der Waals surface area contributed by atoms with Crippen LogP contribution < -0.4 is 0 Å². The van der Waals surface area contributed by atoms with E-state index in [0.29, 0.717) is 6.42 Å². The number of nitrogens with zero attached hydrogens (tertiary/aromatic N) is 2. The Hall–Kier alpha value is -1.28. The number of likely N-dealkylation sites (N-methyl/N-ethyl adjacent to an activating group) is 1. The average molecular weight is 383 g/mol. The molecule has 0 aliphatic carbocycles. The number of carbonyl (C=O) groups excluding carboxylic acids is 4. The molecule has 24 heavy (non-hydrogen) atoms. The molecule has 8 heteroatoms. The van der Waals surface area contributed by atoms with Crippen LogP contribution in [0.1, 0.15) is 36.1 Å². The molecule has 1 atom stereocenters. The first-order valence-electron chi connectivity index (χ1n) is 5.66. The summed E-state index contributed by atoms with van der Waals surface area (Å²) in [6, 6.07) is 0. The second kappa shape index (κ2) is 16.6. The molecule has 0 aromatic carbocycles. The van der Waals surface area contributed by atoms with Crippen LogP contribution in [-0.4, -0.2) is 65.3 Å². The molecule has 2 aliphatic rings. The van der Waals surface area contributed by atoms with E-state index in [-0.39, 0.29) is 58.6 Å². The molecule has 0 aromatic rings. The number of thioether (sulfide) groups is 1. The molecule has 0 spiro atoms. The van der Waals surface area contributed by atoms with Gasteiger partial charge in [0.1, 0.15) is 0 Å². The van der Waals surface area contributed by atoms with Crippen molar-refractivity contribution in [1.29, 1.82) is 0 Å². The highest BCUT2D eigenvalue weighted by atomic mass is 32.2. The fourth-order valence-corrected chi connectivity index (χ4v) is 2.05. The van der Waals surface area contributed by atoms with E-state index in [1.165, 1.54) is 42.9 Å². The third-order valence-electron chi connectivity index (χ3n) is 2.65. The van der Waals surface area contributed by atoms with Crippen molar-refractivity contribution in [2.24, 2.45) is 0 Å². The number of imide groups is 2. The number of rotatable bonds is 1. The summed E-state index contributed by atoms with van der Waals surface area (Å²) in [7, 11) is 2.98. The number of carbonyl (C=O) groups is 4. The van der Waals surface area contributed by atoms with Crippen molar-refractivity contribution < 1.29 is 19.2 Å². The number of hydrogen-bond donors (Lipinski definition) is 1. The molecule has 0 bridgehead atoms. The molecule has 0 aromatic heterocycles. The van der Waals surface area contributed by atoms with E-state index < -0.39 is 0 Å². The van der Waals surface area contributed by atoms with Crippen LogP contribution in [0.3, 0.4) is 0 Å². The van der Waals surface area contributed by atoms with Gasteiger partial charge in [-0.05, 0) is 12.5 Å². The Morgan fingerprint density at radius 1 is 0.917 bits per heavy atom. The summed E-state index contributed by atoms with van der Waals surface area (Å²) in [5.74, 6) is -0.605. The van der Waals surface area contributed by atoms with Gasteiger partial charge in [0, 0.05) is 32.7 Å². The summed E-state index contributed by atoms with van der Waals surface area (Å²) in [4.78, 5) is 44.9. The lowest BCUT2D eigenvalue weighted by atomic mass is 10.4. The molecule has 2 aliphatic heterocycles. The van der Waals surface area contributed by atoms with E-state index in [1.807, 2.05) is 6.26 Å². The molecule has 1 fully saturated rings. The Morgan fingerprint density at radius 2 is 1.29 bits per heavy atom. The molecule has 2 rings (SSSR count). The van der Waals surface area contributed by atoms with E-state index in [1.54, 1.807) is 6.26 Å². The average Bonchev–Trinajstić information content (AvgIpc) is 2.89. The van der Waals surface area contributed by atoms with Crippen molar-refractivity contribution in [2.45, 2.75) is 41.4 Å². The molecule has 0 N–H and O–H groups in total. The van der Waals surface area contributed by atoms with Crippen LogP contribution in [0.25, 0.3) is 0 Å². The third kappa shape index (κ3) is 9.12. The molecular weight excluding hydrogens is 348 g/mol. The van der Waals surface area contributed by atoms with Gasteiger partial charge in [0.2, 0.25) is 11.8 Å². The maximum atomic E-state index is 11.0. The number of likely N-dealkylation sites (tertiary alicyclic amines) is 1. The van der Waals surface area contributed by atoms with E-state index in [9.17, 15) is 19.2 Å². The van der Waals surface area contributed by atoms with Gasteiger partial charge < -0.3 is 0 Å². The number of amides is 4. The van der Waals surface area contributed by atoms with Crippen LogP contribution in [0.4, 0.5) is 0 Å². The van der Waals surface area contributed by atoms with E-state index in [0.717, 1.165) is 4.90 Å². The van der Waals surface area contributed by atoms with E-state index >= 15 is 0 Å². The first-order valence-corrected chi connectivity index (χ1v) is 7.84. The Balaban J connectivity index is -0.0000000798. The lowest BCUT2D eigenvalue weighted by Crippen LogP contribution is -2.26. The number of hydrogen-bond acceptors (Lipinski definition) is 6. The van der Waals surface area contributed by atoms with Crippen LogP contribution in [0, 0.1) is 0 Å². The minimum atomic E-state index is -0.241. The van der Waals surface area contributed by atoms with Gasteiger partial charge >= 0.3 is 0 Å². The predicted molar refractivity (Wildman–Crippen MR) is 108 cm³/mol. The highest BCUT2D eigenvalue weighted by Gasteiger charge is 2.34. The van der Waals surface area contributed by atoms with Crippen molar-refractivity contribution in [3.63, 3.8) is 0 Å². The van der Waals surface area contributed by atoms with Gasteiger partial charge in [0.15, 0.2) is 0 Å². The van der Waals surface area contributed by atoms with Crippen molar-refractivity contribution in [2.75, 3.05) is 26.6 Å². The molecule has 1 saturated heterocycles. The molecule has 0 saturated carbocycles. The lowest BCUT2D eigenvalue weighted by molar-refractivity contribution is -0.137. The standard InChI is InChI=1S/C6H9NO2S.C5H5NO2.CH4S.4CH4/c1-7-5(8)3-4(10-2)6(7)9;1-6-4(7)2-3-5(6)8;1-2;;;;/h4H,3H2,1-2H3;2-3H,1H3;2H,1H3;4*1H4. The Bertz CT molecular complexity index is 422. The van der Waals surface area contributed by atoms with E-state index in [4.69, 9.17) is 0 Å². The smallest absolute Gasteiger partial charge is 0.253 e. The summed E-state index contributed by atoms with van der Waals surface area (Å²) in [6.07, 6.45) is 6.41. The van der Waals surface area contributed by atoms with Crippen molar-refractivity contribution in [3.8, 4) is 0 Å². The summed E-state index contributed by atoms with van der Waals surface area (Å²) >= 11 is 4.96. The minimum absolute atomic E-state index is 0. The van der Waals surface area contributed by atoms with Gasteiger partial charge in [-0.2, -0.15) is 24.4 Å². The van der Waals surface area contributed by atoms with Gasteiger partial charge in [-0.1, -0.05) is 29.7 Å². The predicted octanol–water partition coefficient (Wildman–Crippen LogP) is 2.74. The van der Waals surface area contributed by atoms with E-state index in [2.05, 4.69) is 12.6 Å². The molecule has 0 radical (unpaired) electrons. The Morgan fingerprint density at radius 3 is 1.42 bits per heavy atom. The second-order valence-electron chi connectivity index (χ2n) is 3.79. The number of thiol groups is 1. The first-order chi connectivity index (χ1) is 9.38. The zero-order chi connectivity index (χ0) is 15.9. The molecule has 6 nitrogen and oxygen atoms in total. The molecule has 1 unspecified atom stereocenters. The van der Waals surface area contributed by atoms with Crippen LogP contribution >= 0.6 is 24.4 Å². The molecular formula is C16H34N2O4S2. The quantitative estimate of drug-likeness (QED) is 0.557. The molecule has 4 amide bonds. The summed E-state index contributed by atoms with van der Waals surface area (Å²) in [5.41, 5.74) is 0. The maximum absolute atomic E-state index is 11.0. The third-order valence-corrected chi connectivity index (χ3v) is 3.59. The Labute approximate surface area is 157 Å². The monoisotopic (exact) mass is 382 g/mol. The largest absolute Gasteiger partial charge is 0.285 e. The fraction of sp³-hybridized carbons (Fsp3) is 0.625. The van der Waals surface area contributed by atoms with Crippen LogP contribution in [0.5, 0.6) is 0 Å². The van der Waals surface area contributed by atoms with Crippen molar-refractivity contribution in [3.05, 3.63) is 12.2 Å². The van der Waals surface area contributed by atoms with Crippen LogP contribution in [-0.2, 0) is 19.2 Å². The fourth-order valence-electron chi connectivity index (χ4n) is 1.38. The molecule has 144 valence electrons.